The highest BCUT2D eigenvalue weighted by atomic mass is 32.2. The molecule has 0 aliphatic carbocycles. The summed E-state index contributed by atoms with van der Waals surface area (Å²) < 4.78 is 41.2. The molecule has 0 amide bonds. The van der Waals surface area contributed by atoms with Gasteiger partial charge in [-0.05, 0) is 17.8 Å². The number of halogens is 3. The SMILES string of the molecule is FC(F)(F)Sc1cccc2c3nc4nc(nc5[nH]c(nc6nc(nc([nH]3)c12)-c1ccccc1-6)c1ccccc51)-c1ccccc1-4. The van der Waals surface area contributed by atoms with E-state index in [1.807, 2.05) is 72.8 Å². The Bertz CT molecular complexity index is 2530. The minimum Gasteiger partial charge on any atom is -0.324 e. The molecule has 2 N–H and O–H groups in total. The molecule has 216 valence electrons. The molecule has 12 heteroatoms. The van der Waals surface area contributed by atoms with Gasteiger partial charge in [-0.3, -0.25) is 0 Å². The molecular weight excluding hydrogens is 597 g/mol. The lowest BCUT2D eigenvalue weighted by Gasteiger charge is -2.06. The third-order valence-corrected chi connectivity index (χ3v) is 8.56. The van der Waals surface area contributed by atoms with E-state index in [2.05, 4.69) is 9.97 Å². The van der Waals surface area contributed by atoms with Gasteiger partial charge in [0.25, 0.3) is 0 Å². The van der Waals surface area contributed by atoms with Crippen LogP contribution in [0.2, 0.25) is 0 Å². The molecule has 8 nitrogen and oxygen atoms in total. The Morgan fingerprint density at radius 1 is 0.444 bits per heavy atom. The normalized spacial score (nSPS) is 12.4. The average molecular weight is 615 g/mol. The zero-order valence-electron chi connectivity index (χ0n) is 22.9. The molecule has 7 aromatic rings. The molecule has 45 heavy (non-hydrogen) atoms. The van der Waals surface area contributed by atoms with E-state index in [-0.39, 0.29) is 27.7 Å². The maximum Gasteiger partial charge on any atom is 0.446 e. The second kappa shape index (κ2) is 9.44. The molecule has 0 fully saturated rings. The quantitative estimate of drug-likeness (QED) is 0.179. The van der Waals surface area contributed by atoms with Crippen molar-refractivity contribution in [2.45, 2.75) is 10.4 Å². The van der Waals surface area contributed by atoms with E-state index in [4.69, 9.17) is 29.9 Å². The summed E-state index contributed by atoms with van der Waals surface area (Å²) in [6.45, 7) is 0. The Hall–Kier alpha value is -5.62. The van der Waals surface area contributed by atoms with Crippen molar-refractivity contribution in [3.8, 4) is 45.6 Å². The molecule has 0 unspecified atom stereocenters. The molecule has 0 atom stereocenters. The summed E-state index contributed by atoms with van der Waals surface area (Å²) in [5.74, 6) is 1.56. The van der Waals surface area contributed by atoms with Crippen LogP contribution in [0.25, 0.3) is 89.7 Å². The van der Waals surface area contributed by atoms with E-state index in [1.165, 1.54) is 6.07 Å². The van der Waals surface area contributed by atoms with Crippen LogP contribution >= 0.6 is 11.8 Å². The maximum atomic E-state index is 13.7. The molecule has 2 aliphatic rings. The molecule has 0 radical (unpaired) electrons. The summed E-state index contributed by atoms with van der Waals surface area (Å²) in [5.41, 5.74) is 0.125. The van der Waals surface area contributed by atoms with Crippen LogP contribution in [0.4, 0.5) is 13.2 Å². The summed E-state index contributed by atoms with van der Waals surface area (Å²) in [5, 5.41) is 2.47. The van der Waals surface area contributed by atoms with Crippen LogP contribution in [0.3, 0.4) is 0 Å². The summed E-state index contributed by atoms with van der Waals surface area (Å²) in [4.78, 5) is 35.7. The van der Waals surface area contributed by atoms with Gasteiger partial charge in [0.05, 0.1) is 0 Å². The summed E-state index contributed by atoms with van der Waals surface area (Å²) in [6, 6.07) is 27.6. The molecule has 0 saturated heterocycles. The van der Waals surface area contributed by atoms with Crippen molar-refractivity contribution >= 4 is 55.9 Å². The van der Waals surface area contributed by atoms with Gasteiger partial charge in [0.15, 0.2) is 23.3 Å². The number of nitrogens with zero attached hydrogens (tertiary/aromatic N) is 6. The molecule has 9 rings (SSSR count). The lowest BCUT2D eigenvalue weighted by Crippen LogP contribution is -1.99. The van der Waals surface area contributed by atoms with Crippen molar-refractivity contribution in [1.82, 2.24) is 39.9 Å². The number of fused-ring (bicyclic) bond motifs is 20. The standard InChI is InChI=1S/C33H17F3N8S/c34-33(35,36)45-23-15-7-14-22-24(23)32-43-30-21-13-6-5-12-20(21)28(41-30)39-26-17-9-2-1-8-16(17)25(37-26)38-27-18-10-3-4-11-19(18)29(40-27)42-31(22)44-32/h1-15H,(H2,37,38,39,40,41,42,43,44). The Balaban J connectivity index is 1.49. The predicted molar refractivity (Wildman–Crippen MR) is 168 cm³/mol. The van der Waals surface area contributed by atoms with Crippen molar-refractivity contribution in [3.05, 3.63) is 91.0 Å². The largest absolute Gasteiger partial charge is 0.446 e. The number of nitrogens with one attached hydrogen (secondary N) is 2. The minimum atomic E-state index is -4.51. The van der Waals surface area contributed by atoms with Crippen LogP contribution in [-0.2, 0) is 0 Å². The minimum absolute atomic E-state index is 0.00350. The van der Waals surface area contributed by atoms with Gasteiger partial charge in [0.1, 0.15) is 22.6 Å². The van der Waals surface area contributed by atoms with Gasteiger partial charge in [-0.15, -0.1) is 0 Å². The fourth-order valence-corrected chi connectivity index (χ4v) is 6.57. The fourth-order valence-electron chi connectivity index (χ4n) is 5.87. The zero-order chi connectivity index (χ0) is 30.3. The van der Waals surface area contributed by atoms with Gasteiger partial charge in [-0.2, -0.15) is 13.2 Å². The van der Waals surface area contributed by atoms with Crippen LogP contribution < -0.4 is 0 Å². The number of H-pyrrole nitrogens is 2. The number of benzene rings is 4. The predicted octanol–water partition coefficient (Wildman–Crippen LogP) is 8.48. The van der Waals surface area contributed by atoms with E-state index in [0.717, 1.165) is 27.5 Å². The van der Waals surface area contributed by atoms with Crippen LogP contribution in [0.15, 0.2) is 95.9 Å². The number of hydrogen-bond acceptors (Lipinski definition) is 7. The summed E-state index contributed by atoms with van der Waals surface area (Å²) in [7, 11) is 0. The van der Waals surface area contributed by atoms with Crippen LogP contribution in [0.1, 0.15) is 0 Å². The van der Waals surface area contributed by atoms with E-state index in [0.29, 0.717) is 51.2 Å². The van der Waals surface area contributed by atoms with Crippen molar-refractivity contribution in [2.24, 2.45) is 0 Å². The van der Waals surface area contributed by atoms with Gasteiger partial charge in [0.2, 0.25) is 0 Å². The van der Waals surface area contributed by atoms with Crippen molar-refractivity contribution in [2.75, 3.05) is 0 Å². The van der Waals surface area contributed by atoms with E-state index >= 15 is 0 Å². The first-order chi connectivity index (χ1) is 21.9. The van der Waals surface area contributed by atoms with Crippen molar-refractivity contribution in [1.29, 1.82) is 0 Å². The number of thioether (sulfide) groups is 1. The number of alkyl halides is 3. The first-order valence-corrected chi connectivity index (χ1v) is 14.7. The summed E-state index contributed by atoms with van der Waals surface area (Å²) >= 11 is -0.194. The molecule has 2 aliphatic heterocycles. The third kappa shape index (κ3) is 4.17. The van der Waals surface area contributed by atoms with Gasteiger partial charge >= 0.3 is 5.51 Å². The molecule has 0 saturated carbocycles. The number of hydrogen-bond donors (Lipinski definition) is 2. The maximum absolute atomic E-state index is 13.7. The second-order valence-corrected chi connectivity index (χ2v) is 11.6. The first kappa shape index (κ1) is 25.8. The van der Waals surface area contributed by atoms with Gasteiger partial charge in [-0.1, -0.05) is 84.9 Å². The van der Waals surface area contributed by atoms with Crippen molar-refractivity contribution < 1.29 is 13.2 Å². The lowest BCUT2D eigenvalue weighted by molar-refractivity contribution is -0.0327. The third-order valence-electron chi connectivity index (χ3n) is 7.77. The summed E-state index contributed by atoms with van der Waals surface area (Å²) in [6.07, 6.45) is 0. The first-order valence-electron chi connectivity index (χ1n) is 13.9. The van der Waals surface area contributed by atoms with E-state index < -0.39 is 5.51 Å². The Morgan fingerprint density at radius 2 is 0.844 bits per heavy atom. The van der Waals surface area contributed by atoms with Crippen LogP contribution in [0, 0.1) is 0 Å². The Labute approximate surface area is 255 Å². The lowest BCUT2D eigenvalue weighted by atomic mass is 10.1. The van der Waals surface area contributed by atoms with Gasteiger partial charge < -0.3 is 9.97 Å². The molecule has 3 aromatic heterocycles. The highest BCUT2D eigenvalue weighted by Gasteiger charge is 2.31. The number of aromatic nitrogens is 8. The highest BCUT2D eigenvalue weighted by molar-refractivity contribution is 8.00. The molecular formula is C33H17F3N8S. The average Bonchev–Trinajstić information content (AvgIpc) is 3.76. The monoisotopic (exact) mass is 614 g/mol. The highest BCUT2D eigenvalue weighted by Crippen LogP contribution is 2.43. The Morgan fingerprint density at radius 3 is 1.33 bits per heavy atom. The van der Waals surface area contributed by atoms with Gasteiger partial charge in [0, 0.05) is 48.7 Å². The second-order valence-electron chi connectivity index (χ2n) is 10.5. The smallest absolute Gasteiger partial charge is 0.324 e. The van der Waals surface area contributed by atoms with Crippen LogP contribution in [-0.4, -0.2) is 45.4 Å². The molecule has 8 bridgehead atoms. The fraction of sp³-hybridized carbons (Fsp3) is 0.0303. The Kier molecular flexibility index (Phi) is 5.42. The molecule has 5 heterocycles. The topological polar surface area (TPSA) is 109 Å². The molecule has 4 aromatic carbocycles. The number of rotatable bonds is 1. The van der Waals surface area contributed by atoms with Crippen LogP contribution in [0.5, 0.6) is 0 Å². The number of aromatic amines is 2. The van der Waals surface area contributed by atoms with E-state index in [9.17, 15) is 13.2 Å². The van der Waals surface area contributed by atoms with Crippen molar-refractivity contribution in [3.63, 3.8) is 0 Å². The van der Waals surface area contributed by atoms with E-state index in [1.54, 1.807) is 12.1 Å². The van der Waals surface area contributed by atoms with Gasteiger partial charge in [-0.25, -0.2) is 29.9 Å². The zero-order valence-corrected chi connectivity index (χ0v) is 23.7. The molecule has 0 spiro atoms.